The van der Waals surface area contributed by atoms with E-state index < -0.39 is 0 Å². The summed E-state index contributed by atoms with van der Waals surface area (Å²) in [6.07, 6.45) is 9.42. The third-order valence-corrected chi connectivity index (χ3v) is 6.30. The molecule has 1 aliphatic heterocycles. The minimum Gasteiger partial charge on any atom is -0.308 e. The van der Waals surface area contributed by atoms with Crippen LogP contribution in [0.1, 0.15) is 64.4 Å². The maximum absolute atomic E-state index is 4.00. The van der Waals surface area contributed by atoms with Crippen LogP contribution in [-0.4, -0.2) is 29.1 Å². The Kier molecular flexibility index (Phi) is 4.89. The number of piperazine rings is 1. The van der Waals surface area contributed by atoms with Gasteiger partial charge in [0.05, 0.1) is 0 Å². The molecular weight excluding hydrogens is 268 g/mol. The summed E-state index contributed by atoms with van der Waals surface area (Å²) < 4.78 is 0. The molecule has 0 atom stereocenters. The lowest BCUT2D eigenvalue weighted by Crippen LogP contribution is -2.69. The van der Waals surface area contributed by atoms with E-state index in [4.69, 9.17) is 0 Å². The van der Waals surface area contributed by atoms with Crippen molar-refractivity contribution in [1.82, 2.24) is 10.2 Å². The van der Waals surface area contributed by atoms with Crippen LogP contribution >= 0.6 is 0 Å². The Morgan fingerprint density at radius 2 is 1.68 bits per heavy atom. The van der Waals surface area contributed by atoms with E-state index in [-0.39, 0.29) is 0 Å². The highest BCUT2D eigenvalue weighted by molar-refractivity contribution is 5.16. The fourth-order valence-corrected chi connectivity index (χ4v) is 4.59. The normalized spacial score (nSPS) is 24.5. The van der Waals surface area contributed by atoms with Gasteiger partial charge >= 0.3 is 0 Å². The van der Waals surface area contributed by atoms with Gasteiger partial charge in [0.25, 0.3) is 0 Å². The lowest BCUT2D eigenvalue weighted by Gasteiger charge is -2.56. The number of nitrogens with zero attached hydrogens (tertiary/aromatic N) is 1. The van der Waals surface area contributed by atoms with Crippen LogP contribution in [0.3, 0.4) is 0 Å². The molecule has 1 N–H and O–H groups in total. The molecule has 2 nitrogen and oxygen atoms in total. The van der Waals surface area contributed by atoms with Crippen molar-refractivity contribution in [3.8, 4) is 0 Å². The molecule has 1 aromatic rings. The smallest absolute Gasteiger partial charge is 0.0333 e. The van der Waals surface area contributed by atoms with Crippen molar-refractivity contribution in [3.05, 3.63) is 35.9 Å². The van der Waals surface area contributed by atoms with Crippen LogP contribution in [0.15, 0.2) is 30.3 Å². The summed E-state index contributed by atoms with van der Waals surface area (Å²) in [5.74, 6) is 0. The highest BCUT2D eigenvalue weighted by Crippen LogP contribution is 2.37. The summed E-state index contributed by atoms with van der Waals surface area (Å²) in [6.45, 7) is 8.21. The molecule has 2 fully saturated rings. The third kappa shape index (κ3) is 3.09. The van der Waals surface area contributed by atoms with Crippen LogP contribution in [0.2, 0.25) is 0 Å². The topological polar surface area (TPSA) is 15.3 Å². The van der Waals surface area contributed by atoms with E-state index in [1.807, 2.05) is 0 Å². The number of hydrogen-bond donors (Lipinski definition) is 1. The van der Waals surface area contributed by atoms with Crippen molar-refractivity contribution in [3.63, 3.8) is 0 Å². The minimum atomic E-state index is 0.332. The second kappa shape index (κ2) is 6.72. The van der Waals surface area contributed by atoms with Crippen molar-refractivity contribution in [2.24, 2.45) is 0 Å². The second-order valence-corrected chi connectivity index (χ2v) is 7.47. The molecule has 1 spiro atoms. The van der Waals surface area contributed by atoms with Gasteiger partial charge in [0.15, 0.2) is 0 Å². The molecule has 0 unspecified atom stereocenters. The molecule has 1 heterocycles. The van der Waals surface area contributed by atoms with Crippen molar-refractivity contribution < 1.29 is 0 Å². The number of nitrogens with one attached hydrogen (secondary N) is 1. The summed E-state index contributed by atoms with van der Waals surface area (Å²) in [7, 11) is 0. The Labute approximate surface area is 136 Å². The Morgan fingerprint density at radius 3 is 2.32 bits per heavy atom. The van der Waals surface area contributed by atoms with Crippen molar-refractivity contribution >= 4 is 0 Å². The molecular formula is C20H32N2. The third-order valence-electron chi connectivity index (χ3n) is 6.30. The van der Waals surface area contributed by atoms with E-state index in [1.54, 1.807) is 0 Å². The van der Waals surface area contributed by atoms with E-state index in [9.17, 15) is 0 Å². The molecule has 0 bridgehead atoms. The fourth-order valence-electron chi connectivity index (χ4n) is 4.59. The molecule has 22 heavy (non-hydrogen) atoms. The zero-order valence-electron chi connectivity index (χ0n) is 14.4. The molecule has 2 aliphatic rings. The molecule has 2 heteroatoms. The van der Waals surface area contributed by atoms with Gasteiger partial charge in [0, 0.05) is 30.7 Å². The van der Waals surface area contributed by atoms with Gasteiger partial charge in [0.2, 0.25) is 0 Å². The Bertz CT molecular complexity index is 458. The first-order valence-corrected chi connectivity index (χ1v) is 9.26. The van der Waals surface area contributed by atoms with Crippen LogP contribution in [-0.2, 0) is 6.54 Å². The summed E-state index contributed by atoms with van der Waals surface area (Å²) in [4.78, 5) is 2.81. The SMILES string of the molecule is CCC1(CC)CNC2(CCCCC2)CN1Cc1ccccc1. The summed E-state index contributed by atoms with van der Waals surface area (Å²) in [6, 6.07) is 11.0. The van der Waals surface area contributed by atoms with Crippen molar-refractivity contribution in [2.45, 2.75) is 76.4 Å². The average Bonchev–Trinajstić information content (AvgIpc) is 2.58. The quantitative estimate of drug-likeness (QED) is 0.889. The second-order valence-electron chi connectivity index (χ2n) is 7.47. The molecule has 0 radical (unpaired) electrons. The summed E-state index contributed by atoms with van der Waals surface area (Å²) in [5.41, 5.74) is 2.18. The molecule has 0 amide bonds. The number of hydrogen-bond acceptors (Lipinski definition) is 2. The largest absolute Gasteiger partial charge is 0.308 e. The Morgan fingerprint density at radius 1 is 1.00 bits per heavy atom. The standard InChI is InChI=1S/C20H32N2/c1-3-20(4-2)16-21-19(13-9-6-10-14-19)17-22(20)15-18-11-7-5-8-12-18/h5,7-8,11-12,21H,3-4,6,9-10,13-17H2,1-2H3. The van der Waals surface area contributed by atoms with E-state index >= 15 is 0 Å². The highest BCUT2D eigenvalue weighted by atomic mass is 15.3. The van der Waals surface area contributed by atoms with Crippen LogP contribution in [0.5, 0.6) is 0 Å². The summed E-state index contributed by atoms with van der Waals surface area (Å²) in [5, 5.41) is 4.00. The van der Waals surface area contributed by atoms with Gasteiger partial charge in [-0.3, -0.25) is 4.90 Å². The zero-order valence-corrected chi connectivity index (χ0v) is 14.4. The summed E-state index contributed by atoms with van der Waals surface area (Å²) >= 11 is 0. The predicted octanol–water partition coefficient (Wildman–Crippen LogP) is 4.35. The average molecular weight is 300 g/mol. The number of benzene rings is 1. The zero-order chi connectivity index (χ0) is 15.5. The van der Waals surface area contributed by atoms with Crippen LogP contribution in [0, 0.1) is 0 Å². The highest BCUT2D eigenvalue weighted by Gasteiger charge is 2.45. The van der Waals surface area contributed by atoms with E-state index in [0.717, 1.165) is 13.1 Å². The Hall–Kier alpha value is -0.860. The van der Waals surface area contributed by atoms with E-state index in [2.05, 4.69) is 54.4 Å². The van der Waals surface area contributed by atoms with Gasteiger partial charge in [0.1, 0.15) is 0 Å². The molecule has 122 valence electrons. The van der Waals surface area contributed by atoms with Gasteiger partial charge in [-0.05, 0) is 31.2 Å². The molecule has 1 saturated heterocycles. The van der Waals surface area contributed by atoms with Gasteiger partial charge in [-0.25, -0.2) is 0 Å². The molecule has 1 aliphatic carbocycles. The lowest BCUT2D eigenvalue weighted by molar-refractivity contribution is -0.0201. The molecule has 1 aromatic carbocycles. The van der Waals surface area contributed by atoms with Crippen LogP contribution in [0.25, 0.3) is 0 Å². The molecule has 1 saturated carbocycles. The van der Waals surface area contributed by atoms with Crippen LogP contribution < -0.4 is 5.32 Å². The maximum atomic E-state index is 4.00. The minimum absolute atomic E-state index is 0.332. The fraction of sp³-hybridized carbons (Fsp3) is 0.700. The molecule has 3 rings (SSSR count). The Balaban J connectivity index is 1.82. The van der Waals surface area contributed by atoms with Gasteiger partial charge < -0.3 is 5.32 Å². The van der Waals surface area contributed by atoms with Gasteiger partial charge in [-0.2, -0.15) is 0 Å². The first-order valence-electron chi connectivity index (χ1n) is 9.26. The molecule has 0 aromatic heterocycles. The van der Waals surface area contributed by atoms with E-state index in [1.165, 1.54) is 57.1 Å². The van der Waals surface area contributed by atoms with Gasteiger partial charge in [-0.1, -0.05) is 63.4 Å². The van der Waals surface area contributed by atoms with Crippen molar-refractivity contribution in [1.29, 1.82) is 0 Å². The van der Waals surface area contributed by atoms with Gasteiger partial charge in [-0.15, -0.1) is 0 Å². The predicted molar refractivity (Wildman–Crippen MR) is 94.0 cm³/mol. The lowest BCUT2D eigenvalue weighted by atomic mass is 9.75. The first-order chi connectivity index (χ1) is 10.7. The van der Waals surface area contributed by atoms with Crippen LogP contribution in [0.4, 0.5) is 0 Å². The first kappa shape index (κ1) is 16.0. The van der Waals surface area contributed by atoms with Crippen molar-refractivity contribution in [2.75, 3.05) is 13.1 Å². The maximum Gasteiger partial charge on any atom is 0.0333 e. The van der Waals surface area contributed by atoms with E-state index in [0.29, 0.717) is 11.1 Å². The monoisotopic (exact) mass is 300 g/mol. The number of rotatable bonds is 4.